The SMILES string of the molecule is O=C1c2ccccc2C[C@@]12[C@H](c1cccs1)[C@@H](c1cccs1)[C@@H]1Cc3ccccc3[C@@]12O. The summed E-state index contributed by atoms with van der Waals surface area (Å²) in [6.07, 6.45) is 1.40. The molecule has 0 bridgehead atoms. The summed E-state index contributed by atoms with van der Waals surface area (Å²) in [7, 11) is 0. The quantitative estimate of drug-likeness (QED) is 0.393. The van der Waals surface area contributed by atoms with E-state index in [0.717, 1.165) is 23.1 Å². The van der Waals surface area contributed by atoms with E-state index in [2.05, 4.69) is 59.3 Å². The molecule has 7 rings (SSSR count). The van der Waals surface area contributed by atoms with Crippen molar-refractivity contribution in [1.29, 1.82) is 0 Å². The molecule has 1 saturated carbocycles. The monoisotopic (exact) mass is 454 g/mol. The van der Waals surface area contributed by atoms with Gasteiger partial charge in [-0.15, -0.1) is 22.7 Å². The molecule has 3 aliphatic carbocycles. The van der Waals surface area contributed by atoms with Crippen LogP contribution >= 0.6 is 22.7 Å². The highest BCUT2D eigenvalue weighted by atomic mass is 32.1. The van der Waals surface area contributed by atoms with E-state index < -0.39 is 11.0 Å². The number of benzene rings is 2. The Balaban J connectivity index is 1.57. The predicted octanol–water partition coefficient (Wildman–Crippen LogP) is 6.18. The van der Waals surface area contributed by atoms with E-state index >= 15 is 0 Å². The minimum absolute atomic E-state index is 0.0242. The number of fused-ring (bicyclic) bond motifs is 5. The molecule has 3 aliphatic rings. The van der Waals surface area contributed by atoms with Gasteiger partial charge in [0.25, 0.3) is 0 Å². The number of hydrogen-bond donors (Lipinski definition) is 1. The van der Waals surface area contributed by atoms with Crippen LogP contribution in [0.4, 0.5) is 0 Å². The van der Waals surface area contributed by atoms with Crippen molar-refractivity contribution >= 4 is 28.5 Å². The van der Waals surface area contributed by atoms with Crippen LogP contribution in [0.15, 0.2) is 83.6 Å². The number of carbonyl (C=O) groups excluding carboxylic acids is 1. The molecule has 0 amide bonds. The fourth-order valence-electron chi connectivity index (χ4n) is 7.20. The van der Waals surface area contributed by atoms with E-state index in [-0.39, 0.29) is 23.5 Å². The summed E-state index contributed by atoms with van der Waals surface area (Å²) in [4.78, 5) is 16.9. The lowest BCUT2D eigenvalue weighted by molar-refractivity contribution is -0.0730. The molecule has 1 N–H and O–H groups in total. The third-order valence-corrected chi connectivity index (χ3v) is 10.2. The van der Waals surface area contributed by atoms with Gasteiger partial charge in [-0.1, -0.05) is 60.7 Å². The van der Waals surface area contributed by atoms with Gasteiger partial charge in [0.1, 0.15) is 5.60 Å². The number of rotatable bonds is 2. The lowest BCUT2D eigenvalue weighted by Gasteiger charge is -2.42. The van der Waals surface area contributed by atoms with E-state index in [0.29, 0.717) is 6.42 Å². The third kappa shape index (κ3) is 2.11. The van der Waals surface area contributed by atoms with Gasteiger partial charge in [-0.2, -0.15) is 0 Å². The Morgan fingerprint density at radius 2 is 1.50 bits per heavy atom. The Hall–Kier alpha value is -2.53. The van der Waals surface area contributed by atoms with E-state index in [9.17, 15) is 9.90 Å². The summed E-state index contributed by atoms with van der Waals surface area (Å²) >= 11 is 3.48. The molecule has 2 nitrogen and oxygen atoms in total. The van der Waals surface area contributed by atoms with Crippen molar-refractivity contribution in [2.24, 2.45) is 11.3 Å². The minimum atomic E-state index is -1.19. The van der Waals surface area contributed by atoms with Crippen LogP contribution in [0, 0.1) is 11.3 Å². The van der Waals surface area contributed by atoms with Crippen LogP contribution < -0.4 is 0 Å². The number of thiophene rings is 2. The first-order valence-corrected chi connectivity index (χ1v) is 12.9. The highest BCUT2D eigenvalue weighted by Crippen LogP contribution is 2.74. The summed E-state index contributed by atoms with van der Waals surface area (Å²) in [6, 6.07) is 24.8. The maximum absolute atomic E-state index is 14.4. The third-order valence-electron chi connectivity index (χ3n) is 8.27. The Morgan fingerprint density at radius 3 is 2.22 bits per heavy atom. The first kappa shape index (κ1) is 19.0. The number of ketones is 1. The van der Waals surface area contributed by atoms with Gasteiger partial charge in [-0.3, -0.25) is 4.79 Å². The summed E-state index contributed by atoms with van der Waals surface area (Å²) in [6.45, 7) is 0. The number of carbonyl (C=O) groups is 1. The maximum atomic E-state index is 14.4. The number of hydrogen-bond acceptors (Lipinski definition) is 4. The first-order chi connectivity index (χ1) is 15.7. The predicted molar refractivity (Wildman–Crippen MR) is 129 cm³/mol. The zero-order chi connectivity index (χ0) is 21.5. The molecule has 0 saturated heterocycles. The van der Waals surface area contributed by atoms with Crippen LogP contribution in [0.5, 0.6) is 0 Å². The molecular weight excluding hydrogens is 432 g/mol. The Labute approximate surface area is 195 Å². The van der Waals surface area contributed by atoms with Crippen molar-refractivity contribution in [3.8, 4) is 0 Å². The van der Waals surface area contributed by atoms with Crippen LogP contribution in [-0.4, -0.2) is 10.9 Å². The van der Waals surface area contributed by atoms with Gasteiger partial charge in [0.15, 0.2) is 5.78 Å². The van der Waals surface area contributed by atoms with Crippen molar-refractivity contribution < 1.29 is 9.90 Å². The molecule has 0 aliphatic heterocycles. The molecule has 1 spiro atoms. The molecule has 2 heterocycles. The molecule has 2 aromatic heterocycles. The number of aliphatic hydroxyl groups is 1. The fourth-order valence-corrected chi connectivity index (χ4v) is 9.09. The van der Waals surface area contributed by atoms with E-state index in [1.807, 2.05) is 24.3 Å². The molecule has 5 atom stereocenters. The Bertz CT molecular complexity index is 1340. The molecule has 0 radical (unpaired) electrons. The van der Waals surface area contributed by atoms with Crippen molar-refractivity contribution in [3.05, 3.63) is 116 Å². The van der Waals surface area contributed by atoms with E-state index in [4.69, 9.17) is 0 Å². The Kier molecular flexibility index (Phi) is 3.86. The van der Waals surface area contributed by atoms with E-state index in [1.54, 1.807) is 22.7 Å². The van der Waals surface area contributed by atoms with Crippen molar-refractivity contribution in [2.45, 2.75) is 30.3 Å². The van der Waals surface area contributed by atoms with Crippen LogP contribution in [-0.2, 0) is 18.4 Å². The Morgan fingerprint density at radius 1 is 0.812 bits per heavy atom. The highest BCUT2D eigenvalue weighted by Gasteiger charge is 2.76. The normalized spacial score (nSPS) is 32.3. The van der Waals surface area contributed by atoms with Crippen molar-refractivity contribution in [2.75, 3.05) is 0 Å². The average Bonchev–Trinajstić information content (AvgIpc) is 3.61. The van der Waals surface area contributed by atoms with Gasteiger partial charge in [0.05, 0.1) is 5.41 Å². The smallest absolute Gasteiger partial charge is 0.173 e. The van der Waals surface area contributed by atoms with Crippen LogP contribution in [0.2, 0.25) is 0 Å². The lowest BCUT2D eigenvalue weighted by atomic mass is 9.63. The zero-order valence-corrected chi connectivity index (χ0v) is 19.0. The van der Waals surface area contributed by atoms with Gasteiger partial charge < -0.3 is 5.11 Å². The minimum Gasteiger partial charge on any atom is -0.384 e. The maximum Gasteiger partial charge on any atom is 0.173 e. The van der Waals surface area contributed by atoms with Crippen LogP contribution in [0.3, 0.4) is 0 Å². The molecule has 32 heavy (non-hydrogen) atoms. The summed E-state index contributed by atoms with van der Waals surface area (Å²) in [5.74, 6) is 0.146. The molecule has 4 heteroatoms. The second kappa shape index (κ2) is 6.50. The molecule has 4 aromatic rings. The van der Waals surface area contributed by atoms with Gasteiger partial charge >= 0.3 is 0 Å². The summed E-state index contributed by atoms with van der Waals surface area (Å²) < 4.78 is 0. The molecule has 1 fully saturated rings. The standard InChI is InChI=1S/C28H22O2S2/c29-26-19-9-3-1-8-18(19)16-27(26)25(23-12-6-14-32-23)24(22-11-5-13-31-22)21-15-17-7-2-4-10-20(17)28(21,27)30/h1-14,21,24-25,30H,15-16H2/t21-,24+,25+,27+,28+/m0/s1. The van der Waals surface area contributed by atoms with Crippen LogP contribution in [0.1, 0.15) is 48.6 Å². The summed E-state index contributed by atoms with van der Waals surface area (Å²) in [5, 5.41) is 17.1. The fraction of sp³-hybridized carbons (Fsp3) is 0.250. The molecule has 2 aromatic carbocycles. The second-order valence-corrected chi connectivity index (χ2v) is 11.4. The van der Waals surface area contributed by atoms with Crippen molar-refractivity contribution in [1.82, 2.24) is 0 Å². The first-order valence-electron chi connectivity index (χ1n) is 11.2. The van der Waals surface area contributed by atoms with Gasteiger partial charge in [-0.25, -0.2) is 0 Å². The summed E-state index contributed by atoms with van der Waals surface area (Å²) in [5.41, 5.74) is 1.93. The topological polar surface area (TPSA) is 37.3 Å². The number of Topliss-reactive ketones (excluding diaryl/α,β-unsaturated/α-hetero) is 1. The molecular formula is C28H22O2S2. The molecule has 158 valence electrons. The molecule has 0 unspecified atom stereocenters. The average molecular weight is 455 g/mol. The van der Waals surface area contributed by atoms with Gasteiger partial charge in [0.2, 0.25) is 0 Å². The highest BCUT2D eigenvalue weighted by molar-refractivity contribution is 7.10. The second-order valence-electron chi connectivity index (χ2n) is 9.40. The van der Waals surface area contributed by atoms with Crippen LogP contribution in [0.25, 0.3) is 0 Å². The lowest BCUT2D eigenvalue weighted by Crippen LogP contribution is -2.49. The van der Waals surface area contributed by atoms with Crippen molar-refractivity contribution in [3.63, 3.8) is 0 Å². The van der Waals surface area contributed by atoms with Gasteiger partial charge in [0, 0.05) is 33.1 Å². The van der Waals surface area contributed by atoms with E-state index in [1.165, 1.54) is 15.3 Å². The van der Waals surface area contributed by atoms with Gasteiger partial charge in [-0.05, 0) is 52.4 Å². The zero-order valence-electron chi connectivity index (χ0n) is 17.4. The largest absolute Gasteiger partial charge is 0.384 e.